The smallest absolute Gasteiger partial charge is 0.359 e. The van der Waals surface area contributed by atoms with Crippen molar-refractivity contribution in [1.29, 1.82) is 0 Å². The van der Waals surface area contributed by atoms with Crippen molar-refractivity contribution in [2.75, 3.05) is 14.2 Å². The molecule has 0 saturated heterocycles. The Bertz CT molecular complexity index is 762. The van der Waals surface area contributed by atoms with Crippen LogP contribution in [-0.2, 0) is 9.47 Å². The number of hydrogen-bond donors (Lipinski definition) is 0. The molecule has 9 nitrogen and oxygen atoms in total. The Morgan fingerprint density at radius 2 is 1.87 bits per heavy atom. The molecule has 0 atom stereocenters. The molecule has 0 amide bonds. The van der Waals surface area contributed by atoms with Crippen LogP contribution in [0.4, 0.5) is 5.69 Å². The number of nitrogens with zero attached hydrogens (tertiary/aromatic N) is 3. The molecule has 120 valence electrons. The van der Waals surface area contributed by atoms with Crippen LogP contribution in [0.15, 0.2) is 24.4 Å². The zero-order valence-electron chi connectivity index (χ0n) is 12.6. The summed E-state index contributed by atoms with van der Waals surface area (Å²) in [5.74, 6) is -1.58. The van der Waals surface area contributed by atoms with E-state index in [-0.39, 0.29) is 16.9 Å². The van der Waals surface area contributed by atoms with Gasteiger partial charge in [0.1, 0.15) is 5.56 Å². The van der Waals surface area contributed by atoms with Gasteiger partial charge in [-0.2, -0.15) is 5.10 Å². The summed E-state index contributed by atoms with van der Waals surface area (Å²) in [4.78, 5) is 33.9. The van der Waals surface area contributed by atoms with Crippen molar-refractivity contribution < 1.29 is 24.0 Å². The van der Waals surface area contributed by atoms with Gasteiger partial charge in [0, 0.05) is 17.8 Å². The highest BCUT2D eigenvalue weighted by molar-refractivity contribution is 6.01. The standard InChI is InChI=1S/C14H13N3O6/c1-8-4-5-9(6-11(8)17(20)21)16-7-10(13(18)22-2)12(15-16)14(19)23-3/h4-7H,1-3H3. The van der Waals surface area contributed by atoms with E-state index < -0.39 is 16.9 Å². The molecule has 0 radical (unpaired) electrons. The molecular weight excluding hydrogens is 306 g/mol. The van der Waals surface area contributed by atoms with Crippen LogP contribution in [0.25, 0.3) is 5.69 Å². The summed E-state index contributed by atoms with van der Waals surface area (Å²) in [6.45, 7) is 1.60. The van der Waals surface area contributed by atoms with E-state index in [1.54, 1.807) is 19.1 Å². The minimum absolute atomic E-state index is 0.0948. The van der Waals surface area contributed by atoms with Gasteiger partial charge in [0.2, 0.25) is 0 Å². The fourth-order valence-corrected chi connectivity index (χ4v) is 1.95. The molecule has 23 heavy (non-hydrogen) atoms. The first-order valence-electron chi connectivity index (χ1n) is 6.40. The van der Waals surface area contributed by atoms with E-state index in [0.717, 1.165) is 14.2 Å². The molecular formula is C14H13N3O6. The average molecular weight is 319 g/mol. The fraction of sp³-hybridized carbons (Fsp3) is 0.214. The molecule has 9 heteroatoms. The van der Waals surface area contributed by atoms with Crippen LogP contribution in [0.5, 0.6) is 0 Å². The second-order valence-electron chi connectivity index (χ2n) is 4.55. The Kier molecular flexibility index (Phi) is 4.39. The van der Waals surface area contributed by atoms with Crippen molar-refractivity contribution in [3.63, 3.8) is 0 Å². The van der Waals surface area contributed by atoms with E-state index in [2.05, 4.69) is 14.6 Å². The summed E-state index contributed by atoms with van der Waals surface area (Å²) < 4.78 is 10.4. The number of aryl methyl sites for hydroxylation is 1. The molecule has 0 aliphatic rings. The van der Waals surface area contributed by atoms with Crippen LogP contribution in [0, 0.1) is 17.0 Å². The van der Waals surface area contributed by atoms with Crippen molar-refractivity contribution in [3.05, 3.63) is 51.3 Å². The number of benzene rings is 1. The van der Waals surface area contributed by atoms with Crippen molar-refractivity contribution in [1.82, 2.24) is 9.78 Å². The molecule has 1 aromatic heterocycles. The summed E-state index contributed by atoms with van der Waals surface area (Å²) in [5.41, 5.74) is 0.372. The van der Waals surface area contributed by atoms with Gasteiger partial charge in [0.25, 0.3) is 5.69 Å². The fourth-order valence-electron chi connectivity index (χ4n) is 1.95. The monoisotopic (exact) mass is 319 g/mol. The largest absolute Gasteiger partial charge is 0.465 e. The third-order valence-electron chi connectivity index (χ3n) is 3.15. The quantitative estimate of drug-likeness (QED) is 0.478. The van der Waals surface area contributed by atoms with E-state index in [4.69, 9.17) is 0 Å². The van der Waals surface area contributed by atoms with Crippen LogP contribution in [-0.4, -0.2) is 40.9 Å². The van der Waals surface area contributed by atoms with E-state index in [1.165, 1.54) is 16.9 Å². The average Bonchev–Trinajstić information content (AvgIpc) is 2.98. The zero-order valence-corrected chi connectivity index (χ0v) is 12.6. The second kappa shape index (κ2) is 6.26. The number of carbonyl (C=O) groups is 2. The van der Waals surface area contributed by atoms with Gasteiger partial charge >= 0.3 is 11.9 Å². The molecule has 0 N–H and O–H groups in total. The van der Waals surface area contributed by atoms with Gasteiger partial charge in [-0.15, -0.1) is 0 Å². The highest BCUT2D eigenvalue weighted by atomic mass is 16.6. The highest BCUT2D eigenvalue weighted by Crippen LogP contribution is 2.22. The molecule has 0 aliphatic heterocycles. The van der Waals surface area contributed by atoms with Crippen LogP contribution in [0.2, 0.25) is 0 Å². The van der Waals surface area contributed by atoms with Gasteiger partial charge in [-0.1, -0.05) is 6.07 Å². The Hall–Kier alpha value is -3.23. The predicted octanol–water partition coefficient (Wildman–Crippen LogP) is 1.66. The first-order chi connectivity index (χ1) is 10.9. The van der Waals surface area contributed by atoms with Crippen molar-refractivity contribution in [3.8, 4) is 5.69 Å². The summed E-state index contributed by atoms with van der Waals surface area (Å²) in [6.07, 6.45) is 1.26. The second-order valence-corrected chi connectivity index (χ2v) is 4.55. The number of nitro groups is 1. The first-order valence-corrected chi connectivity index (χ1v) is 6.40. The van der Waals surface area contributed by atoms with Gasteiger partial charge < -0.3 is 9.47 Å². The van der Waals surface area contributed by atoms with E-state index in [0.29, 0.717) is 11.3 Å². The van der Waals surface area contributed by atoms with Gasteiger partial charge in [-0.25, -0.2) is 14.3 Å². The SMILES string of the molecule is COC(=O)c1cn(-c2ccc(C)c([N+](=O)[O-])c2)nc1C(=O)OC. The highest BCUT2D eigenvalue weighted by Gasteiger charge is 2.24. The Labute approximate surface area is 130 Å². The van der Waals surface area contributed by atoms with Gasteiger partial charge in [0.05, 0.1) is 24.8 Å². The first kappa shape index (κ1) is 16.1. The van der Waals surface area contributed by atoms with E-state index in [9.17, 15) is 19.7 Å². The van der Waals surface area contributed by atoms with Crippen molar-refractivity contribution >= 4 is 17.6 Å². The molecule has 0 saturated carbocycles. The van der Waals surface area contributed by atoms with Gasteiger partial charge in [-0.3, -0.25) is 10.1 Å². The van der Waals surface area contributed by atoms with Crippen molar-refractivity contribution in [2.45, 2.75) is 6.92 Å². The predicted molar refractivity (Wildman–Crippen MR) is 77.6 cm³/mol. The molecule has 0 fully saturated rings. The maximum Gasteiger partial charge on any atom is 0.359 e. The lowest BCUT2D eigenvalue weighted by molar-refractivity contribution is -0.385. The Balaban J connectivity index is 2.59. The number of carbonyl (C=O) groups excluding carboxylic acids is 2. The van der Waals surface area contributed by atoms with E-state index in [1.807, 2.05) is 0 Å². The lowest BCUT2D eigenvalue weighted by atomic mass is 10.2. The number of aromatic nitrogens is 2. The summed E-state index contributed by atoms with van der Waals surface area (Å²) in [5, 5.41) is 15.0. The van der Waals surface area contributed by atoms with E-state index >= 15 is 0 Å². The molecule has 0 unspecified atom stereocenters. The number of ether oxygens (including phenoxy) is 2. The van der Waals surface area contributed by atoms with Gasteiger partial charge in [0.15, 0.2) is 5.69 Å². The maximum atomic E-state index is 11.7. The van der Waals surface area contributed by atoms with Crippen LogP contribution >= 0.6 is 0 Å². The summed E-state index contributed by atoms with van der Waals surface area (Å²) in [7, 11) is 2.32. The molecule has 0 spiro atoms. The molecule has 2 rings (SSSR count). The zero-order chi connectivity index (χ0) is 17.1. The molecule has 1 heterocycles. The molecule has 0 bridgehead atoms. The molecule has 1 aromatic carbocycles. The Morgan fingerprint density at radius 1 is 1.22 bits per heavy atom. The lowest BCUT2D eigenvalue weighted by Crippen LogP contribution is -2.10. The minimum atomic E-state index is -0.814. The number of hydrogen-bond acceptors (Lipinski definition) is 7. The van der Waals surface area contributed by atoms with Crippen LogP contribution in [0.1, 0.15) is 26.4 Å². The Morgan fingerprint density at radius 3 is 2.43 bits per heavy atom. The third kappa shape index (κ3) is 3.03. The number of rotatable bonds is 4. The maximum absolute atomic E-state index is 11.7. The lowest BCUT2D eigenvalue weighted by Gasteiger charge is -2.03. The molecule has 2 aromatic rings. The van der Waals surface area contributed by atoms with Crippen LogP contribution in [0.3, 0.4) is 0 Å². The number of methoxy groups -OCH3 is 2. The topological polar surface area (TPSA) is 114 Å². The number of esters is 2. The summed E-state index contributed by atoms with van der Waals surface area (Å²) in [6, 6.07) is 4.42. The van der Waals surface area contributed by atoms with Crippen LogP contribution < -0.4 is 0 Å². The van der Waals surface area contributed by atoms with Gasteiger partial charge in [-0.05, 0) is 13.0 Å². The minimum Gasteiger partial charge on any atom is -0.465 e. The summed E-state index contributed by atoms with van der Waals surface area (Å²) >= 11 is 0. The third-order valence-corrected chi connectivity index (χ3v) is 3.15. The molecule has 0 aliphatic carbocycles. The normalized spacial score (nSPS) is 10.2. The van der Waals surface area contributed by atoms with Crippen molar-refractivity contribution in [2.24, 2.45) is 0 Å². The number of nitro benzene ring substituents is 1.